The molecule has 0 spiro atoms. The summed E-state index contributed by atoms with van der Waals surface area (Å²) in [6, 6.07) is 11.7. The van der Waals surface area contributed by atoms with Gasteiger partial charge in [0.1, 0.15) is 11.5 Å². The van der Waals surface area contributed by atoms with Gasteiger partial charge in [-0.3, -0.25) is 4.72 Å². The van der Waals surface area contributed by atoms with E-state index in [0.29, 0.717) is 30.1 Å². The van der Waals surface area contributed by atoms with Crippen LogP contribution in [0.5, 0.6) is 0 Å². The molecule has 0 saturated heterocycles. The SMILES string of the molecule is CCCCNc1ncc2c(-c3ccc(S(=O)(=O)Nc4ccc(F)cc4)cc3)nn([C@H]3CC[C@@H](O)CC3)c2n1. The van der Waals surface area contributed by atoms with Crippen LogP contribution < -0.4 is 10.0 Å². The van der Waals surface area contributed by atoms with Crippen molar-refractivity contribution in [3.8, 4) is 11.3 Å². The summed E-state index contributed by atoms with van der Waals surface area (Å²) in [5, 5.41) is 19.0. The van der Waals surface area contributed by atoms with E-state index in [-0.39, 0.29) is 22.7 Å². The number of anilines is 2. The van der Waals surface area contributed by atoms with Crippen LogP contribution in [0.4, 0.5) is 16.0 Å². The number of unbranched alkanes of at least 4 members (excludes halogenated alkanes) is 1. The summed E-state index contributed by atoms with van der Waals surface area (Å²) in [6.45, 7) is 2.90. The Hall–Kier alpha value is -3.57. The second-order valence-corrected chi connectivity index (χ2v) is 11.3. The zero-order valence-corrected chi connectivity index (χ0v) is 22.0. The Bertz CT molecular complexity index is 1500. The van der Waals surface area contributed by atoms with Crippen LogP contribution in [0.2, 0.25) is 0 Å². The Morgan fingerprint density at radius 1 is 1.05 bits per heavy atom. The van der Waals surface area contributed by atoms with Gasteiger partial charge in [-0.15, -0.1) is 0 Å². The van der Waals surface area contributed by atoms with E-state index >= 15 is 0 Å². The zero-order valence-electron chi connectivity index (χ0n) is 21.1. The Labute approximate surface area is 221 Å². The maximum Gasteiger partial charge on any atom is 0.261 e. The molecule has 11 heteroatoms. The summed E-state index contributed by atoms with van der Waals surface area (Å²) >= 11 is 0. The van der Waals surface area contributed by atoms with E-state index < -0.39 is 15.8 Å². The standard InChI is InChI=1S/C27H31FN6O3S/c1-2-3-16-29-27-30-17-24-25(32-34(26(24)31-27)21-10-12-22(35)13-11-21)18-4-14-23(15-5-18)38(36,37)33-20-8-6-19(28)7-9-20/h4-9,14-15,17,21-22,33,35H,2-3,10-13,16H2,1H3,(H,29,30,31)/t21-,22+. The number of halogens is 1. The Morgan fingerprint density at radius 3 is 2.45 bits per heavy atom. The summed E-state index contributed by atoms with van der Waals surface area (Å²) in [4.78, 5) is 9.36. The van der Waals surface area contributed by atoms with Crippen molar-refractivity contribution in [1.29, 1.82) is 0 Å². The van der Waals surface area contributed by atoms with Crippen molar-refractivity contribution in [2.24, 2.45) is 0 Å². The lowest BCUT2D eigenvalue weighted by Crippen LogP contribution is -2.22. The van der Waals surface area contributed by atoms with Gasteiger partial charge in [-0.2, -0.15) is 10.1 Å². The Morgan fingerprint density at radius 2 is 1.76 bits per heavy atom. The summed E-state index contributed by atoms with van der Waals surface area (Å²) in [5.41, 5.74) is 2.39. The van der Waals surface area contributed by atoms with Gasteiger partial charge in [0.15, 0.2) is 5.65 Å². The molecule has 3 N–H and O–H groups in total. The van der Waals surface area contributed by atoms with Crippen molar-refractivity contribution in [3.05, 3.63) is 60.5 Å². The van der Waals surface area contributed by atoms with Gasteiger partial charge in [0, 0.05) is 24.0 Å². The molecule has 38 heavy (non-hydrogen) atoms. The molecule has 0 radical (unpaired) electrons. The Kier molecular flexibility index (Phi) is 7.57. The number of hydrogen-bond acceptors (Lipinski definition) is 7. The number of sulfonamides is 1. The van der Waals surface area contributed by atoms with E-state index in [1.807, 2.05) is 4.68 Å². The predicted molar refractivity (Wildman–Crippen MR) is 145 cm³/mol. The van der Waals surface area contributed by atoms with Gasteiger partial charge in [-0.25, -0.2) is 22.5 Å². The number of fused-ring (bicyclic) bond motifs is 1. The van der Waals surface area contributed by atoms with Gasteiger partial charge in [0.2, 0.25) is 5.95 Å². The van der Waals surface area contributed by atoms with Crippen molar-refractivity contribution in [2.45, 2.75) is 62.5 Å². The van der Waals surface area contributed by atoms with Crippen LogP contribution in [0, 0.1) is 5.82 Å². The third kappa shape index (κ3) is 5.63. The molecule has 1 aliphatic rings. The number of hydrogen-bond donors (Lipinski definition) is 3. The summed E-state index contributed by atoms with van der Waals surface area (Å²) in [5.74, 6) is 0.101. The van der Waals surface area contributed by atoms with Gasteiger partial charge in [0.05, 0.1) is 22.4 Å². The minimum Gasteiger partial charge on any atom is -0.393 e. The smallest absolute Gasteiger partial charge is 0.261 e. The number of rotatable bonds is 9. The van der Waals surface area contributed by atoms with E-state index in [1.54, 1.807) is 18.3 Å². The molecule has 0 aliphatic heterocycles. The first-order chi connectivity index (χ1) is 18.3. The molecular weight excluding hydrogens is 507 g/mol. The topological polar surface area (TPSA) is 122 Å². The molecule has 4 aromatic rings. The van der Waals surface area contributed by atoms with E-state index in [9.17, 15) is 17.9 Å². The molecule has 2 aromatic heterocycles. The van der Waals surface area contributed by atoms with Crippen molar-refractivity contribution in [1.82, 2.24) is 19.7 Å². The lowest BCUT2D eigenvalue weighted by Gasteiger charge is -2.25. The maximum absolute atomic E-state index is 13.2. The highest BCUT2D eigenvalue weighted by Crippen LogP contribution is 2.35. The number of nitrogens with zero attached hydrogens (tertiary/aromatic N) is 4. The fourth-order valence-electron chi connectivity index (χ4n) is 4.68. The monoisotopic (exact) mass is 538 g/mol. The van der Waals surface area contributed by atoms with E-state index in [1.165, 1.54) is 36.4 Å². The van der Waals surface area contributed by atoms with E-state index in [0.717, 1.165) is 43.2 Å². The quantitative estimate of drug-likeness (QED) is 0.253. The summed E-state index contributed by atoms with van der Waals surface area (Å²) in [6.07, 6.45) is 6.56. The first kappa shape index (κ1) is 26.1. The predicted octanol–water partition coefficient (Wildman–Crippen LogP) is 5.12. The number of nitrogens with one attached hydrogen (secondary N) is 2. The van der Waals surface area contributed by atoms with E-state index in [2.05, 4.69) is 21.9 Å². The first-order valence-corrected chi connectivity index (χ1v) is 14.4. The van der Waals surface area contributed by atoms with Crippen molar-refractivity contribution < 1.29 is 17.9 Å². The summed E-state index contributed by atoms with van der Waals surface area (Å²) < 4.78 is 43.3. The molecule has 1 fully saturated rings. The number of aliphatic hydroxyl groups is 1. The van der Waals surface area contributed by atoms with Crippen LogP contribution in [0.25, 0.3) is 22.3 Å². The first-order valence-electron chi connectivity index (χ1n) is 12.9. The average Bonchev–Trinajstić information content (AvgIpc) is 3.29. The largest absolute Gasteiger partial charge is 0.393 e. The number of benzene rings is 2. The molecule has 2 aromatic carbocycles. The third-order valence-corrected chi connectivity index (χ3v) is 8.21. The molecule has 0 unspecified atom stereocenters. The Balaban J connectivity index is 1.47. The molecule has 200 valence electrons. The van der Waals surface area contributed by atoms with Gasteiger partial charge < -0.3 is 10.4 Å². The molecule has 0 amide bonds. The van der Waals surface area contributed by atoms with Crippen LogP contribution in [-0.2, 0) is 10.0 Å². The van der Waals surface area contributed by atoms with Gasteiger partial charge >= 0.3 is 0 Å². The minimum atomic E-state index is -3.86. The average molecular weight is 539 g/mol. The van der Waals surface area contributed by atoms with E-state index in [4.69, 9.17) is 10.1 Å². The molecule has 5 rings (SSSR count). The zero-order chi connectivity index (χ0) is 26.7. The van der Waals surface area contributed by atoms with Crippen LogP contribution >= 0.6 is 0 Å². The van der Waals surface area contributed by atoms with Crippen molar-refractivity contribution >= 4 is 32.7 Å². The van der Waals surface area contributed by atoms with Crippen LogP contribution in [-0.4, -0.2) is 45.9 Å². The second kappa shape index (κ2) is 11.0. The fraction of sp³-hybridized carbons (Fsp3) is 0.370. The lowest BCUT2D eigenvalue weighted by atomic mass is 9.93. The normalized spacial score (nSPS) is 18.0. The maximum atomic E-state index is 13.2. The molecule has 1 saturated carbocycles. The molecule has 2 heterocycles. The molecular formula is C27H31FN6O3S. The highest BCUT2D eigenvalue weighted by molar-refractivity contribution is 7.92. The lowest BCUT2D eigenvalue weighted by molar-refractivity contribution is 0.109. The molecule has 0 atom stereocenters. The number of aliphatic hydroxyl groups excluding tert-OH is 1. The van der Waals surface area contributed by atoms with Crippen molar-refractivity contribution in [2.75, 3.05) is 16.6 Å². The van der Waals surface area contributed by atoms with Gasteiger partial charge in [0.25, 0.3) is 10.0 Å². The fourth-order valence-corrected chi connectivity index (χ4v) is 5.74. The molecule has 9 nitrogen and oxygen atoms in total. The molecule has 0 bridgehead atoms. The van der Waals surface area contributed by atoms with Crippen LogP contribution in [0.1, 0.15) is 51.5 Å². The van der Waals surface area contributed by atoms with Gasteiger partial charge in [-0.1, -0.05) is 25.5 Å². The second-order valence-electron chi connectivity index (χ2n) is 9.60. The minimum absolute atomic E-state index is 0.0780. The highest BCUT2D eigenvalue weighted by Gasteiger charge is 2.26. The van der Waals surface area contributed by atoms with Crippen LogP contribution in [0.15, 0.2) is 59.6 Å². The molecule has 1 aliphatic carbocycles. The third-order valence-electron chi connectivity index (χ3n) is 6.81. The highest BCUT2D eigenvalue weighted by atomic mass is 32.2. The number of aromatic nitrogens is 4. The van der Waals surface area contributed by atoms with Gasteiger partial charge in [-0.05, 0) is 68.5 Å². The van der Waals surface area contributed by atoms with Crippen LogP contribution in [0.3, 0.4) is 0 Å². The summed E-state index contributed by atoms with van der Waals surface area (Å²) in [7, 11) is -3.86. The van der Waals surface area contributed by atoms with Crippen molar-refractivity contribution in [3.63, 3.8) is 0 Å².